The fraction of sp³-hybridized carbons (Fsp3) is 0.357. The van der Waals surface area contributed by atoms with Gasteiger partial charge < -0.3 is 9.84 Å². The number of aromatic nitrogens is 2. The van der Waals surface area contributed by atoms with E-state index in [1.807, 2.05) is 20.0 Å². The highest BCUT2D eigenvalue weighted by atomic mass is 16.6. The van der Waals surface area contributed by atoms with E-state index < -0.39 is 11.0 Å². The summed E-state index contributed by atoms with van der Waals surface area (Å²) in [5, 5.41) is 24.7. The maximum absolute atomic E-state index is 10.8. The molecule has 0 aliphatic rings. The van der Waals surface area contributed by atoms with Crippen molar-refractivity contribution in [3.63, 3.8) is 0 Å². The molecule has 2 aromatic rings. The summed E-state index contributed by atoms with van der Waals surface area (Å²) in [5.74, 6) is 0.425. The summed E-state index contributed by atoms with van der Waals surface area (Å²) in [5.41, 5.74) is 2.08. The third-order valence-electron chi connectivity index (χ3n) is 3.13. The normalized spacial score (nSPS) is 12.2. The lowest BCUT2D eigenvalue weighted by molar-refractivity contribution is -0.385. The molecule has 7 nitrogen and oxygen atoms in total. The molecule has 112 valence electrons. The largest absolute Gasteiger partial charge is 0.487 e. The van der Waals surface area contributed by atoms with Crippen molar-refractivity contribution >= 4 is 5.69 Å². The van der Waals surface area contributed by atoms with Crippen LogP contribution < -0.4 is 4.74 Å². The van der Waals surface area contributed by atoms with Gasteiger partial charge in [-0.2, -0.15) is 5.10 Å². The van der Waals surface area contributed by atoms with Crippen molar-refractivity contribution in [1.82, 2.24) is 9.78 Å². The Labute approximate surface area is 121 Å². The lowest BCUT2D eigenvalue weighted by Gasteiger charge is -2.13. The van der Waals surface area contributed by atoms with Crippen LogP contribution in [0.3, 0.4) is 0 Å². The van der Waals surface area contributed by atoms with Gasteiger partial charge in [0.25, 0.3) is 5.69 Å². The van der Waals surface area contributed by atoms with Gasteiger partial charge in [0.05, 0.1) is 22.4 Å². The lowest BCUT2D eigenvalue weighted by atomic mass is 10.1. The van der Waals surface area contributed by atoms with E-state index in [1.54, 1.807) is 11.6 Å². The standard InChI is InChI=1S/C14H17N3O4/c1-9-6-12(16(3)15-9)8-21-14-5-4-11(17(19)20)7-13(14)10(2)18/h4-7,10,18H,8H2,1-3H3/t10-/m1/s1. The zero-order chi connectivity index (χ0) is 15.6. The van der Waals surface area contributed by atoms with Crippen LogP contribution in [0, 0.1) is 17.0 Å². The number of nitro groups is 1. The van der Waals surface area contributed by atoms with Gasteiger partial charge in [0.2, 0.25) is 0 Å². The molecule has 0 amide bonds. The number of nitrogens with zero attached hydrogens (tertiary/aromatic N) is 3. The molecule has 1 aromatic carbocycles. The highest BCUT2D eigenvalue weighted by molar-refractivity contribution is 5.44. The van der Waals surface area contributed by atoms with Gasteiger partial charge in [-0.1, -0.05) is 0 Å². The Kier molecular flexibility index (Phi) is 4.23. The van der Waals surface area contributed by atoms with Crippen LogP contribution in [-0.2, 0) is 13.7 Å². The minimum absolute atomic E-state index is 0.0744. The summed E-state index contributed by atoms with van der Waals surface area (Å²) in [7, 11) is 1.82. The first-order chi connectivity index (χ1) is 9.88. The molecule has 0 radical (unpaired) electrons. The van der Waals surface area contributed by atoms with Crippen molar-refractivity contribution in [1.29, 1.82) is 0 Å². The number of aliphatic hydroxyl groups excluding tert-OH is 1. The molecule has 0 saturated carbocycles. The summed E-state index contributed by atoms with van der Waals surface area (Å²) >= 11 is 0. The van der Waals surface area contributed by atoms with E-state index in [-0.39, 0.29) is 12.3 Å². The first kappa shape index (κ1) is 15.0. The first-order valence-electron chi connectivity index (χ1n) is 6.47. The average molecular weight is 291 g/mol. The Morgan fingerprint density at radius 3 is 2.71 bits per heavy atom. The molecule has 0 fully saturated rings. The van der Waals surface area contributed by atoms with Crippen LogP contribution in [0.2, 0.25) is 0 Å². The summed E-state index contributed by atoms with van der Waals surface area (Å²) in [6.07, 6.45) is -0.854. The third-order valence-corrected chi connectivity index (χ3v) is 3.13. The number of benzene rings is 1. The Balaban J connectivity index is 2.23. The van der Waals surface area contributed by atoms with Crippen molar-refractivity contribution in [3.05, 3.63) is 51.3 Å². The van der Waals surface area contributed by atoms with E-state index in [0.29, 0.717) is 11.3 Å². The molecule has 0 aliphatic carbocycles. The maximum atomic E-state index is 10.8. The summed E-state index contributed by atoms with van der Waals surface area (Å²) in [6.45, 7) is 3.70. The number of rotatable bonds is 5. The monoisotopic (exact) mass is 291 g/mol. The maximum Gasteiger partial charge on any atom is 0.270 e. The van der Waals surface area contributed by atoms with Gasteiger partial charge >= 0.3 is 0 Å². The summed E-state index contributed by atoms with van der Waals surface area (Å²) in [6, 6.07) is 6.08. The molecule has 1 atom stereocenters. The molecule has 0 bridgehead atoms. The Morgan fingerprint density at radius 1 is 1.48 bits per heavy atom. The second-order valence-electron chi connectivity index (χ2n) is 4.84. The zero-order valence-corrected chi connectivity index (χ0v) is 12.1. The Hall–Kier alpha value is -2.41. The van der Waals surface area contributed by atoms with E-state index in [4.69, 9.17) is 4.74 Å². The Morgan fingerprint density at radius 2 is 2.19 bits per heavy atom. The third kappa shape index (κ3) is 3.38. The van der Waals surface area contributed by atoms with Crippen molar-refractivity contribution in [2.24, 2.45) is 7.05 Å². The van der Waals surface area contributed by atoms with Gasteiger partial charge in [0.15, 0.2) is 0 Å². The molecular weight excluding hydrogens is 274 g/mol. The van der Waals surface area contributed by atoms with Gasteiger partial charge in [0, 0.05) is 24.7 Å². The molecule has 0 aliphatic heterocycles. The van der Waals surface area contributed by atoms with E-state index in [9.17, 15) is 15.2 Å². The molecule has 1 aromatic heterocycles. The second-order valence-corrected chi connectivity index (χ2v) is 4.84. The van der Waals surface area contributed by atoms with Crippen molar-refractivity contribution in [2.45, 2.75) is 26.6 Å². The molecular formula is C14H17N3O4. The van der Waals surface area contributed by atoms with Crippen LogP contribution in [0.4, 0.5) is 5.69 Å². The number of nitro benzene ring substituents is 1. The van der Waals surface area contributed by atoms with E-state index in [0.717, 1.165) is 11.4 Å². The number of ether oxygens (including phenoxy) is 1. The molecule has 7 heteroatoms. The van der Waals surface area contributed by atoms with Gasteiger partial charge in [-0.25, -0.2) is 0 Å². The molecule has 21 heavy (non-hydrogen) atoms. The topological polar surface area (TPSA) is 90.4 Å². The minimum atomic E-state index is -0.854. The lowest BCUT2D eigenvalue weighted by Crippen LogP contribution is -2.05. The van der Waals surface area contributed by atoms with Crippen LogP contribution in [0.1, 0.15) is 30.0 Å². The SMILES string of the molecule is Cc1cc(COc2ccc([N+](=O)[O-])cc2[C@@H](C)O)n(C)n1. The van der Waals surface area contributed by atoms with Crippen LogP contribution >= 0.6 is 0 Å². The van der Waals surface area contributed by atoms with Crippen LogP contribution in [0.5, 0.6) is 5.75 Å². The van der Waals surface area contributed by atoms with Crippen LogP contribution in [0.15, 0.2) is 24.3 Å². The molecule has 2 rings (SSSR count). The number of hydrogen-bond donors (Lipinski definition) is 1. The van der Waals surface area contributed by atoms with Crippen LogP contribution in [-0.4, -0.2) is 19.8 Å². The first-order valence-corrected chi connectivity index (χ1v) is 6.47. The quantitative estimate of drug-likeness (QED) is 0.674. The van der Waals surface area contributed by atoms with Crippen molar-refractivity contribution in [3.8, 4) is 5.75 Å². The van der Waals surface area contributed by atoms with Crippen LogP contribution in [0.25, 0.3) is 0 Å². The molecule has 0 saturated heterocycles. The summed E-state index contributed by atoms with van der Waals surface area (Å²) in [4.78, 5) is 10.3. The predicted molar refractivity (Wildman–Crippen MR) is 76.0 cm³/mol. The van der Waals surface area contributed by atoms with E-state index >= 15 is 0 Å². The van der Waals surface area contributed by atoms with E-state index in [2.05, 4.69) is 5.10 Å². The Bertz CT molecular complexity index is 664. The number of hydrogen-bond acceptors (Lipinski definition) is 5. The smallest absolute Gasteiger partial charge is 0.270 e. The summed E-state index contributed by atoms with van der Waals surface area (Å²) < 4.78 is 7.38. The number of aliphatic hydroxyl groups is 1. The minimum Gasteiger partial charge on any atom is -0.487 e. The van der Waals surface area contributed by atoms with Crippen molar-refractivity contribution < 1.29 is 14.8 Å². The van der Waals surface area contributed by atoms with Gasteiger partial charge in [-0.05, 0) is 26.0 Å². The highest BCUT2D eigenvalue weighted by Gasteiger charge is 2.16. The molecule has 1 heterocycles. The van der Waals surface area contributed by atoms with Gasteiger partial charge in [0.1, 0.15) is 12.4 Å². The highest BCUT2D eigenvalue weighted by Crippen LogP contribution is 2.29. The number of aryl methyl sites for hydroxylation is 2. The second kappa shape index (κ2) is 5.92. The number of non-ortho nitro benzene ring substituents is 1. The fourth-order valence-corrected chi connectivity index (χ4v) is 2.06. The molecule has 0 unspecified atom stereocenters. The van der Waals surface area contributed by atoms with Gasteiger partial charge in [-0.15, -0.1) is 0 Å². The molecule has 0 spiro atoms. The fourth-order valence-electron chi connectivity index (χ4n) is 2.06. The zero-order valence-electron chi connectivity index (χ0n) is 12.1. The van der Waals surface area contributed by atoms with E-state index in [1.165, 1.54) is 18.2 Å². The van der Waals surface area contributed by atoms with Crippen molar-refractivity contribution in [2.75, 3.05) is 0 Å². The predicted octanol–water partition coefficient (Wildman–Crippen LogP) is 2.27. The molecule has 1 N–H and O–H groups in total. The average Bonchev–Trinajstić information content (AvgIpc) is 2.74. The van der Waals surface area contributed by atoms with Gasteiger partial charge in [-0.3, -0.25) is 14.8 Å².